The van der Waals surface area contributed by atoms with Crippen LogP contribution >= 0.6 is 11.6 Å². The Labute approximate surface area is 164 Å². The average Bonchev–Trinajstić information content (AvgIpc) is 2.66. The molecule has 0 radical (unpaired) electrons. The fourth-order valence-electron chi connectivity index (χ4n) is 2.14. The zero-order chi connectivity index (χ0) is 19.9. The van der Waals surface area contributed by atoms with Gasteiger partial charge in [-0.2, -0.15) is 0 Å². The number of hydrazine groups is 1. The molecule has 0 fully saturated rings. The number of halogens is 1. The molecule has 8 nitrogen and oxygen atoms in total. The number of hydrogen-bond donors (Lipinski definition) is 4. The van der Waals surface area contributed by atoms with Gasteiger partial charge in [0.1, 0.15) is 25.1 Å². The van der Waals surface area contributed by atoms with Crippen LogP contribution in [0.25, 0.3) is 0 Å². The van der Waals surface area contributed by atoms with E-state index < -0.39 is 11.6 Å². The maximum atomic E-state index is 10.2. The molecule has 0 saturated carbocycles. The van der Waals surface area contributed by atoms with E-state index in [1.165, 1.54) is 0 Å². The molecule has 2 rings (SSSR count). The number of anilines is 1. The summed E-state index contributed by atoms with van der Waals surface area (Å²) in [5.41, 5.74) is 3.05. The van der Waals surface area contributed by atoms with Crippen LogP contribution in [-0.2, 0) is 0 Å². The summed E-state index contributed by atoms with van der Waals surface area (Å²) in [6.07, 6.45) is -0.699. The van der Waals surface area contributed by atoms with Crippen LogP contribution in [0.5, 0.6) is 11.6 Å². The van der Waals surface area contributed by atoms with Gasteiger partial charge in [0.15, 0.2) is 5.82 Å². The molecule has 1 heterocycles. The van der Waals surface area contributed by atoms with Crippen LogP contribution in [-0.4, -0.2) is 46.7 Å². The largest absolute Gasteiger partial charge is 0.489 e. The molecule has 1 aromatic carbocycles. The van der Waals surface area contributed by atoms with E-state index in [0.717, 1.165) is 5.56 Å². The van der Waals surface area contributed by atoms with Crippen LogP contribution in [0.3, 0.4) is 0 Å². The summed E-state index contributed by atoms with van der Waals surface area (Å²) in [6.45, 7) is 6.68. The predicted octanol–water partition coefficient (Wildman–Crippen LogP) is 1.91. The predicted molar refractivity (Wildman–Crippen MR) is 105 cm³/mol. The van der Waals surface area contributed by atoms with Gasteiger partial charge in [0, 0.05) is 18.2 Å². The number of aliphatic hydroxyl groups excluding tert-OH is 1. The Balaban J connectivity index is 1.75. The molecule has 0 aliphatic rings. The summed E-state index contributed by atoms with van der Waals surface area (Å²) < 4.78 is 11.2. The minimum atomic E-state index is -0.699. The van der Waals surface area contributed by atoms with Crippen molar-refractivity contribution in [2.45, 2.75) is 32.4 Å². The van der Waals surface area contributed by atoms with Gasteiger partial charge in [-0.15, -0.1) is 10.2 Å². The zero-order valence-corrected chi connectivity index (χ0v) is 16.5. The highest BCUT2D eigenvalue weighted by atomic mass is 35.5. The Bertz CT molecular complexity index is 727. The number of aliphatic hydroxyl groups is 1. The fourth-order valence-corrected chi connectivity index (χ4v) is 2.31. The molecule has 0 bridgehead atoms. The minimum Gasteiger partial charge on any atom is -0.489 e. The van der Waals surface area contributed by atoms with Crippen LogP contribution < -0.4 is 26.1 Å². The Kier molecular flexibility index (Phi) is 7.61. The first kappa shape index (κ1) is 21.2. The van der Waals surface area contributed by atoms with Crippen molar-refractivity contribution in [1.29, 1.82) is 0 Å². The van der Waals surface area contributed by atoms with Gasteiger partial charge in [-0.25, -0.2) is 5.84 Å². The Morgan fingerprint density at radius 3 is 2.67 bits per heavy atom. The normalized spacial score (nSPS) is 12.5. The van der Waals surface area contributed by atoms with E-state index in [1.54, 1.807) is 18.2 Å². The monoisotopic (exact) mass is 395 g/mol. The minimum absolute atomic E-state index is 0.131. The van der Waals surface area contributed by atoms with Crippen LogP contribution in [0.2, 0.25) is 5.02 Å². The van der Waals surface area contributed by atoms with E-state index in [-0.39, 0.29) is 6.61 Å². The van der Waals surface area contributed by atoms with Crippen molar-refractivity contribution in [2.24, 2.45) is 5.84 Å². The SMILES string of the molecule is Cc1ccc(Cl)c(OCC(O)CNC(C)(C)COc2ccc(NN)nn2)c1. The molecule has 1 aromatic heterocycles. The highest BCUT2D eigenvalue weighted by Crippen LogP contribution is 2.25. The van der Waals surface area contributed by atoms with Crippen molar-refractivity contribution in [2.75, 3.05) is 25.2 Å². The number of β-amino-alcohol motifs (C(OH)–C–C–N with tert-alkyl or cyclic N) is 1. The van der Waals surface area contributed by atoms with Crippen molar-refractivity contribution >= 4 is 17.4 Å². The van der Waals surface area contributed by atoms with Crippen molar-refractivity contribution in [3.05, 3.63) is 40.9 Å². The lowest BCUT2D eigenvalue weighted by molar-refractivity contribution is 0.0923. The number of aromatic nitrogens is 2. The molecule has 5 N–H and O–H groups in total. The highest BCUT2D eigenvalue weighted by Gasteiger charge is 2.20. The van der Waals surface area contributed by atoms with Crippen molar-refractivity contribution in [3.8, 4) is 11.6 Å². The van der Waals surface area contributed by atoms with Crippen molar-refractivity contribution < 1.29 is 14.6 Å². The zero-order valence-electron chi connectivity index (χ0n) is 15.7. The van der Waals surface area contributed by atoms with Gasteiger partial charge in [-0.1, -0.05) is 17.7 Å². The van der Waals surface area contributed by atoms with Crippen LogP contribution in [0, 0.1) is 6.92 Å². The maximum Gasteiger partial charge on any atom is 0.233 e. The molecule has 2 aromatic rings. The smallest absolute Gasteiger partial charge is 0.233 e. The van der Waals surface area contributed by atoms with Gasteiger partial charge in [0.2, 0.25) is 5.88 Å². The highest BCUT2D eigenvalue weighted by molar-refractivity contribution is 6.32. The maximum absolute atomic E-state index is 10.2. The fraction of sp³-hybridized carbons (Fsp3) is 0.444. The number of benzene rings is 1. The Morgan fingerprint density at radius 1 is 1.22 bits per heavy atom. The van der Waals surface area contributed by atoms with Crippen molar-refractivity contribution in [3.63, 3.8) is 0 Å². The first-order valence-electron chi connectivity index (χ1n) is 8.54. The molecule has 1 unspecified atom stereocenters. The second-order valence-electron chi connectivity index (χ2n) is 6.85. The van der Waals surface area contributed by atoms with E-state index in [1.807, 2.05) is 32.9 Å². The first-order chi connectivity index (χ1) is 12.8. The van der Waals surface area contributed by atoms with Crippen molar-refractivity contribution in [1.82, 2.24) is 15.5 Å². The summed E-state index contributed by atoms with van der Waals surface area (Å²) in [7, 11) is 0. The molecular formula is C18H26ClN5O3. The van der Waals surface area contributed by atoms with Gasteiger partial charge in [0.05, 0.1) is 5.02 Å². The third-order valence-corrected chi connectivity index (χ3v) is 4.02. The van der Waals surface area contributed by atoms with E-state index >= 15 is 0 Å². The molecule has 27 heavy (non-hydrogen) atoms. The van der Waals surface area contributed by atoms with Crippen LogP contribution in [0.15, 0.2) is 30.3 Å². The Hall–Kier alpha value is -2.13. The lowest BCUT2D eigenvalue weighted by Gasteiger charge is -2.27. The summed E-state index contributed by atoms with van der Waals surface area (Å²) in [4.78, 5) is 0. The number of hydrogen-bond acceptors (Lipinski definition) is 8. The average molecular weight is 396 g/mol. The molecule has 0 aliphatic carbocycles. The van der Waals surface area contributed by atoms with Crippen LogP contribution in [0.4, 0.5) is 5.82 Å². The van der Waals surface area contributed by atoms with Gasteiger partial charge < -0.3 is 25.3 Å². The number of nitrogens with one attached hydrogen (secondary N) is 2. The topological polar surface area (TPSA) is 115 Å². The molecule has 0 aliphatic heterocycles. The van der Waals surface area contributed by atoms with Gasteiger partial charge in [-0.3, -0.25) is 0 Å². The number of rotatable bonds is 10. The quantitative estimate of drug-likeness (QED) is 0.356. The number of nitrogens with two attached hydrogens (primary N) is 1. The lowest BCUT2D eigenvalue weighted by Crippen LogP contribution is -2.48. The van der Waals surface area contributed by atoms with Gasteiger partial charge >= 0.3 is 0 Å². The standard InChI is InChI=1S/C18H26ClN5O3/c1-12-4-5-14(19)15(8-12)26-10-13(25)9-21-18(2,3)11-27-17-7-6-16(22-20)23-24-17/h4-8,13,21,25H,9-11,20H2,1-3H3,(H,22,23). The molecule has 1 atom stereocenters. The molecule has 148 valence electrons. The first-order valence-corrected chi connectivity index (χ1v) is 8.92. The van der Waals surface area contributed by atoms with E-state index in [4.69, 9.17) is 26.9 Å². The van der Waals surface area contributed by atoms with E-state index in [9.17, 15) is 5.11 Å². The van der Waals surface area contributed by atoms with Gasteiger partial charge in [-0.05, 0) is 44.5 Å². The van der Waals surface area contributed by atoms with E-state index in [2.05, 4.69) is 20.9 Å². The number of nitrogen functional groups attached to an aromatic ring is 1. The molecule has 0 spiro atoms. The number of aryl methyl sites for hydroxylation is 1. The van der Waals surface area contributed by atoms with Crippen LogP contribution in [0.1, 0.15) is 19.4 Å². The molecule has 9 heteroatoms. The Morgan fingerprint density at radius 2 is 2.00 bits per heavy atom. The third kappa shape index (κ3) is 7.18. The molecular weight excluding hydrogens is 370 g/mol. The summed E-state index contributed by atoms with van der Waals surface area (Å²) >= 11 is 6.09. The molecule has 0 amide bonds. The second kappa shape index (κ2) is 9.70. The summed E-state index contributed by atoms with van der Waals surface area (Å²) in [6, 6.07) is 8.86. The lowest BCUT2D eigenvalue weighted by atomic mass is 10.1. The summed E-state index contributed by atoms with van der Waals surface area (Å²) in [5.74, 6) is 6.65. The summed E-state index contributed by atoms with van der Waals surface area (Å²) in [5, 5.41) is 21.7. The molecule has 0 saturated heterocycles. The number of nitrogens with zero attached hydrogens (tertiary/aromatic N) is 2. The second-order valence-corrected chi connectivity index (χ2v) is 7.26. The van der Waals surface area contributed by atoms with E-state index in [0.29, 0.717) is 35.6 Å². The third-order valence-electron chi connectivity index (χ3n) is 3.70. The number of ether oxygens (including phenoxy) is 2. The van der Waals surface area contributed by atoms with Gasteiger partial charge in [0.25, 0.3) is 0 Å².